The van der Waals surface area contributed by atoms with Gasteiger partial charge in [0.2, 0.25) is 0 Å². The Morgan fingerprint density at radius 1 is 1.00 bits per heavy atom. The number of fused-ring (bicyclic) bond motifs is 1. The third kappa shape index (κ3) is 5.99. The number of unbranched alkanes of at least 4 members (excludes halogenated alkanes) is 3. The Labute approximate surface area is 179 Å². The van der Waals surface area contributed by atoms with Crippen LogP contribution in [0.5, 0.6) is 5.75 Å². The summed E-state index contributed by atoms with van der Waals surface area (Å²) in [4.78, 5) is 12.5. The smallest absolute Gasteiger partial charge is 0.193 e. The Kier molecular flexibility index (Phi) is 8.43. The maximum Gasteiger partial charge on any atom is 0.193 e. The van der Waals surface area contributed by atoms with Crippen molar-refractivity contribution in [3.63, 3.8) is 0 Å². The highest BCUT2D eigenvalue weighted by molar-refractivity contribution is 5.85. The summed E-state index contributed by atoms with van der Waals surface area (Å²) in [6.07, 6.45) is 13.7. The molecule has 1 aromatic carbocycles. The van der Waals surface area contributed by atoms with E-state index in [1.165, 1.54) is 57.9 Å². The molecule has 0 bridgehead atoms. The molecule has 2 aromatic rings. The van der Waals surface area contributed by atoms with E-state index in [9.17, 15) is 4.79 Å². The maximum atomic E-state index is 12.5. The average molecular weight is 420 g/mol. The Hall–Kier alpha value is -1.52. The van der Waals surface area contributed by atoms with Gasteiger partial charge in [0.1, 0.15) is 17.1 Å². The molecule has 29 heavy (non-hydrogen) atoms. The topological polar surface area (TPSA) is 51.5 Å². The number of rotatable bonds is 9. The van der Waals surface area contributed by atoms with Gasteiger partial charge in [-0.2, -0.15) is 0 Å². The number of ether oxygens (including phenoxy) is 1. The van der Waals surface area contributed by atoms with E-state index < -0.39 is 0 Å². The Morgan fingerprint density at radius 3 is 2.62 bits per heavy atom. The summed E-state index contributed by atoms with van der Waals surface area (Å²) < 4.78 is 11.8. The second-order valence-corrected chi connectivity index (χ2v) is 8.50. The Balaban J connectivity index is 0.00000240. The molecule has 160 valence electrons. The lowest BCUT2D eigenvalue weighted by Gasteiger charge is -2.24. The lowest BCUT2D eigenvalue weighted by Crippen LogP contribution is -2.33. The zero-order chi connectivity index (χ0) is 19.2. The average Bonchev–Trinajstić information content (AvgIpc) is 2.67. The highest BCUT2D eigenvalue weighted by Gasteiger charge is 2.23. The number of halogens is 1. The fraction of sp³-hybridized carbons (Fsp3) is 0.625. The maximum absolute atomic E-state index is 12.5. The van der Waals surface area contributed by atoms with Gasteiger partial charge in [0, 0.05) is 18.0 Å². The molecule has 1 aliphatic carbocycles. The first-order valence-corrected chi connectivity index (χ1v) is 11.2. The molecule has 1 unspecified atom stereocenters. The second kappa shape index (κ2) is 11.0. The molecule has 0 amide bonds. The zero-order valence-corrected chi connectivity index (χ0v) is 18.1. The van der Waals surface area contributed by atoms with Crippen LogP contribution in [0.1, 0.15) is 82.3 Å². The largest absolute Gasteiger partial charge is 0.494 e. The minimum absolute atomic E-state index is 0. The SMILES string of the molecule is Cl.O=c1cc(C2CCC2)oc2ccc(OCCCCCCC3CCCCN3)cc12. The Bertz CT molecular complexity index is 824. The third-order valence-electron chi connectivity index (χ3n) is 6.35. The van der Waals surface area contributed by atoms with Gasteiger partial charge in [-0.15, -0.1) is 12.4 Å². The summed E-state index contributed by atoms with van der Waals surface area (Å²) in [5, 5.41) is 4.25. The highest BCUT2D eigenvalue weighted by Crippen LogP contribution is 2.36. The molecule has 5 heteroatoms. The van der Waals surface area contributed by atoms with Crippen LogP contribution < -0.4 is 15.5 Å². The van der Waals surface area contributed by atoms with Crippen LogP contribution in [0, 0.1) is 0 Å². The number of nitrogens with one attached hydrogen (secondary N) is 1. The van der Waals surface area contributed by atoms with Crippen molar-refractivity contribution in [2.75, 3.05) is 13.2 Å². The summed E-state index contributed by atoms with van der Waals surface area (Å²) in [6, 6.07) is 8.06. The molecule has 1 N–H and O–H groups in total. The highest BCUT2D eigenvalue weighted by atomic mass is 35.5. The number of hydrogen-bond acceptors (Lipinski definition) is 4. The van der Waals surface area contributed by atoms with Crippen molar-refractivity contribution in [1.82, 2.24) is 5.32 Å². The second-order valence-electron chi connectivity index (χ2n) is 8.50. The van der Waals surface area contributed by atoms with Gasteiger partial charge >= 0.3 is 0 Å². The summed E-state index contributed by atoms with van der Waals surface area (Å²) >= 11 is 0. The minimum atomic E-state index is 0. The van der Waals surface area contributed by atoms with Crippen molar-refractivity contribution in [2.24, 2.45) is 0 Å². The van der Waals surface area contributed by atoms with Crippen LogP contribution in [0.2, 0.25) is 0 Å². The van der Waals surface area contributed by atoms with Gasteiger partial charge in [0.25, 0.3) is 0 Å². The third-order valence-corrected chi connectivity index (χ3v) is 6.35. The standard InChI is InChI=1S/C24H33NO3.ClH/c26-22-17-24(18-8-7-9-18)28-23-13-12-20(16-21(22)23)27-15-6-2-1-3-10-19-11-4-5-14-25-19;/h12-13,16-19,25H,1-11,14-15H2;1H. The van der Waals surface area contributed by atoms with Gasteiger partial charge in [0.05, 0.1) is 12.0 Å². The van der Waals surface area contributed by atoms with Gasteiger partial charge < -0.3 is 14.5 Å². The predicted octanol–water partition coefficient (Wildman–Crippen LogP) is 5.95. The first kappa shape index (κ1) is 22.2. The lowest BCUT2D eigenvalue weighted by molar-refractivity contribution is 0.302. The van der Waals surface area contributed by atoms with E-state index in [1.807, 2.05) is 18.2 Å². The molecule has 1 saturated heterocycles. The van der Waals surface area contributed by atoms with Gasteiger partial charge in [-0.05, 0) is 63.3 Å². The molecule has 4 nitrogen and oxygen atoms in total. The molecule has 0 radical (unpaired) electrons. The quantitative estimate of drug-likeness (QED) is 0.510. The van der Waals surface area contributed by atoms with E-state index in [0.29, 0.717) is 23.5 Å². The molecule has 2 fully saturated rings. The van der Waals surface area contributed by atoms with Crippen molar-refractivity contribution in [1.29, 1.82) is 0 Å². The Morgan fingerprint density at radius 2 is 1.86 bits per heavy atom. The molecule has 1 saturated carbocycles. The fourth-order valence-corrected chi connectivity index (χ4v) is 4.34. The van der Waals surface area contributed by atoms with Gasteiger partial charge in [-0.3, -0.25) is 4.79 Å². The molecule has 2 heterocycles. The van der Waals surface area contributed by atoms with E-state index in [1.54, 1.807) is 6.07 Å². The summed E-state index contributed by atoms with van der Waals surface area (Å²) in [5.74, 6) is 2.05. The van der Waals surface area contributed by atoms with Crippen molar-refractivity contribution in [2.45, 2.75) is 82.6 Å². The van der Waals surface area contributed by atoms with Crippen molar-refractivity contribution in [3.05, 3.63) is 40.2 Å². The number of benzene rings is 1. The lowest BCUT2D eigenvalue weighted by atomic mass is 9.83. The minimum Gasteiger partial charge on any atom is -0.494 e. The van der Waals surface area contributed by atoms with Gasteiger partial charge in [-0.1, -0.05) is 32.1 Å². The molecular weight excluding hydrogens is 386 g/mol. The first-order valence-electron chi connectivity index (χ1n) is 11.2. The normalized spacial score (nSPS) is 19.5. The van der Waals surface area contributed by atoms with Crippen LogP contribution in [-0.4, -0.2) is 19.2 Å². The van der Waals surface area contributed by atoms with Gasteiger partial charge in [-0.25, -0.2) is 0 Å². The van der Waals surface area contributed by atoms with Crippen LogP contribution in [0.3, 0.4) is 0 Å². The van der Waals surface area contributed by atoms with E-state index in [0.717, 1.165) is 36.8 Å². The number of hydrogen-bond donors (Lipinski definition) is 1. The first-order chi connectivity index (χ1) is 13.8. The van der Waals surface area contributed by atoms with Crippen LogP contribution in [-0.2, 0) is 0 Å². The molecule has 0 spiro atoms. The monoisotopic (exact) mass is 419 g/mol. The van der Waals surface area contributed by atoms with Crippen molar-refractivity contribution >= 4 is 23.4 Å². The summed E-state index contributed by atoms with van der Waals surface area (Å²) in [7, 11) is 0. The molecule has 2 aliphatic rings. The fourth-order valence-electron chi connectivity index (χ4n) is 4.34. The van der Waals surface area contributed by atoms with Crippen LogP contribution in [0.4, 0.5) is 0 Å². The zero-order valence-electron chi connectivity index (χ0n) is 17.3. The molecule has 1 aromatic heterocycles. The van der Waals surface area contributed by atoms with Crippen molar-refractivity contribution < 1.29 is 9.15 Å². The van der Waals surface area contributed by atoms with Crippen molar-refractivity contribution in [3.8, 4) is 5.75 Å². The van der Waals surface area contributed by atoms with E-state index >= 15 is 0 Å². The summed E-state index contributed by atoms with van der Waals surface area (Å²) in [5.41, 5.74) is 0.725. The van der Waals surface area contributed by atoms with Crippen LogP contribution >= 0.6 is 12.4 Å². The van der Waals surface area contributed by atoms with Crippen LogP contribution in [0.25, 0.3) is 11.0 Å². The molecule has 4 rings (SSSR count). The molecule has 1 atom stereocenters. The van der Waals surface area contributed by atoms with E-state index in [-0.39, 0.29) is 17.8 Å². The summed E-state index contributed by atoms with van der Waals surface area (Å²) in [6.45, 7) is 1.91. The number of piperidine rings is 1. The van der Waals surface area contributed by atoms with Gasteiger partial charge in [0.15, 0.2) is 5.43 Å². The molecular formula is C24H34ClNO3. The predicted molar refractivity (Wildman–Crippen MR) is 121 cm³/mol. The van der Waals surface area contributed by atoms with E-state index in [4.69, 9.17) is 9.15 Å². The van der Waals surface area contributed by atoms with E-state index in [2.05, 4.69) is 5.32 Å². The molecule has 1 aliphatic heterocycles. The van der Waals surface area contributed by atoms with Crippen LogP contribution in [0.15, 0.2) is 33.5 Å².